The maximum atomic E-state index is 14.1. The van der Waals surface area contributed by atoms with E-state index in [9.17, 15) is 32.7 Å². The zero-order valence-electron chi connectivity index (χ0n) is 26.1. The Morgan fingerprint density at radius 2 is 1.84 bits per heavy atom. The number of fused-ring (bicyclic) bond motifs is 1. The Morgan fingerprint density at radius 3 is 2.49 bits per heavy atom. The zero-order valence-corrected chi connectivity index (χ0v) is 26.9. The molecule has 0 unspecified atom stereocenters. The summed E-state index contributed by atoms with van der Waals surface area (Å²) >= 11 is 6.10. The molecule has 6 rings (SSSR count). The van der Waals surface area contributed by atoms with Crippen LogP contribution in [0.15, 0.2) is 65.7 Å². The van der Waals surface area contributed by atoms with Crippen LogP contribution in [0.2, 0.25) is 5.02 Å². The number of hydrogen-bond acceptors (Lipinski definition) is 8. The summed E-state index contributed by atoms with van der Waals surface area (Å²) in [4.78, 5) is 51.4. The van der Waals surface area contributed by atoms with Crippen LogP contribution in [0.4, 0.5) is 18.9 Å². The number of hydrogen-bond donors (Lipinski definition) is 2. The quantitative estimate of drug-likeness (QED) is 0.237. The number of pyridine rings is 1. The molecule has 16 heteroatoms. The van der Waals surface area contributed by atoms with Crippen molar-refractivity contribution < 1.29 is 27.9 Å². The number of anilines is 1. The number of nitrogens with zero attached hydrogens (tertiary/aromatic N) is 7. The van der Waals surface area contributed by atoms with Crippen molar-refractivity contribution in [2.24, 2.45) is 0 Å². The third kappa shape index (κ3) is 6.48. The molecule has 4 heterocycles. The Morgan fingerprint density at radius 1 is 1.08 bits per heavy atom. The number of alkyl halides is 3. The second kappa shape index (κ2) is 13.1. The smallest absolute Gasteiger partial charge is 0.416 e. The first-order valence-electron chi connectivity index (χ1n) is 15.1. The van der Waals surface area contributed by atoms with Gasteiger partial charge in [-0.05, 0) is 55.7 Å². The maximum absolute atomic E-state index is 14.1. The van der Waals surface area contributed by atoms with Gasteiger partial charge in [0.25, 0.3) is 5.91 Å². The Bertz CT molecular complexity index is 2200. The Balaban J connectivity index is 1.40. The fourth-order valence-corrected chi connectivity index (χ4v) is 5.89. The van der Waals surface area contributed by atoms with E-state index in [0.29, 0.717) is 28.9 Å². The lowest BCUT2D eigenvalue weighted by Crippen LogP contribution is -2.36. The van der Waals surface area contributed by atoms with E-state index in [1.165, 1.54) is 16.0 Å². The number of rotatable bonds is 7. The van der Waals surface area contributed by atoms with Crippen molar-refractivity contribution in [1.82, 2.24) is 34.4 Å². The fourth-order valence-electron chi connectivity index (χ4n) is 5.67. The minimum Gasteiger partial charge on any atom is -0.504 e. The molecule has 1 aliphatic rings. The van der Waals surface area contributed by atoms with Gasteiger partial charge >= 0.3 is 6.18 Å². The highest BCUT2D eigenvalue weighted by Gasteiger charge is 2.32. The van der Waals surface area contributed by atoms with E-state index in [2.05, 4.69) is 25.5 Å². The molecule has 0 atom stereocenters. The molecule has 0 fully saturated rings. The van der Waals surface area contributed by atoms with E-state index in [1.807, 2.05) is 13.0 Å². The number of benzene rings is 2. The number of aromatic hydroxyl groups is 1. The van der Waals surface area contributed by atoms with E-state index >= 15 is 0 Å². The molecule has 0 saturated heterocycles. The molecule has 3 aromatic heterocycles. The van der Waals surface area contributed by atoms with Crippen LogP contribution in [-0.2, 0) is 23.9 Å². The number of amides is 2. The second-order valence-corrected chi connectivity index (χ2v) is 11.6. The van der Waals surface area contributed by atoms with Gasteiger partial charge in [-0.3, -0.25) is 14.4 Å². The average Bonchev–Trinajstić information content (AvgIpc) is 3.54. The molecule has 0 aliphatic carbocycles. The van der Waals surface area contributed by atoms with Crippen LogP contribution in [-0.4, -0.2) is 64.4 Å². The first kappa shape index (κ1) is 33.3. The van der Waals surface area contributed by atoms with E-state index in [4.69, 9.17) is 11.6 Å². The summed E-state index contributed by atoms with van der Waals surface area (Å²) in [5.41, 5.74) is 0.857. The van der Waals surface area contributed by atoms with Crippen LogP contribution in [0.5, 0.6) is 5.75 Å². The summed E-state index contributed by atoms with van der Waals surface area (Å²) in [6.45, 7) is 3.31. The van der Waals surface area contributed by atoms with E-state index < -0.39 is 29.0 Å². The molecule has 49 heavy (non-hydrogen) atoms. The van der Waals surface area contributed by atoms with Crippen molar-refractivity contribution in [3.63, 3.8) is 0 Å². The molecule has 12 nitrogen and oxygen atoms in total. The lowest BCUT2D eigenvalue weighted by Gasteiger charge is -2.27. The SMILES string of the molecule is CCc1c(C2=CCN(C(=O)c3ncnc(C)c3O)CC2)c(=O)c2nn(-c3ccccc3)nc2n1CC(=O)Nc1ccc(C(F)(F)F)cc1Cl. The average molecular weight is 693 g/mol. The van der Waals surface area contributed by atoms with Crippen molar-refractivity contribution in [2.75, 3.05) is 18.4 Å². The summed E-state index contributed by atoms with van der Waals surface area (Å²) in [6, 6.07) is 11.5. The largest absolute Gasteiger partial charge is 0.504 e. The third-order valence-corrected chi connectivity index (χ3v) is 8.44. The Kier molecular flexibility index (Phi) is 8.94. The van der Waals surface area contributed by atoms with Crippen LogP contribution in [0, 0.1) is 6.92 Å². The second-order valence-electron chi connectivity index (χ2n) is 11.2. The molecule has 0 spiro atoms. The molecule has 2 aromatic carbocycles. The number of aryl methyl sites for hydroxylation is 1. The van der Waals surface area contributed by atoms with E-state index in [0.717, 1.165) is 18.2 Å². The number of carbonyl (C=O) groups excluding carboxylic acids is 2. The number of nitrogens with one attached hydrogen (secondary N) is 1. The maximum Gasteiger partial charge on any atom is 0.416 e. The highest BCUT2D eigenvalue weighted by molar-refractivity contribution is 6.33. The summed E-state index contributed by atoms with van der Waals surface area (Å²) in [6.07, 6.45) is -1.11. The van der Waals surface area contributed by atoms with Crippen molar-refractivity contribution in [3.05, 3.63) is 104 Å². The number of halogens is 4. The van der Waals surface area contributed by atoms with Crippen LogP contribution in [0.1, 0.15) is 46.3 Å². The van der Waals surface area contributed by atoms with Crippen molar-refractivity contribution in [2.45, 2.75) is 39.4 Å². The number of carbonyl (C=O) groups is 2. The summed E-state index contributed by atoms with van der Waals surface area (Å²) in [5, 5.41) is 21.7. The van der Waals surface area contributed by atoms with Crippen LogP contribution < -0.4 is 10.7 Å². The van der Waals surface area contributed by atoms with Crippen LogP contribution in [0.3, 0.4) is 0 Å². The van der Waals surface area contributed by atoms with Gasteiger partial charge in [-0.25, -0.2) is 9.97 Å². The molecule has 2 amide bonds. The molecular formula is C33H28ClF3N8O4. The van der Waals surface area contributed by atoms with Gasteiger partial charge in [-0.15, -0.1) is 15.0 Å². The predicted molar refractivity (Wildman–Crippen MR) is 175 cm³/mol. The van der Waals surface area contributed by atoms with Gasteiger partial charge < -0.3 is 19.9 Å². The minimum absolute atomic E-state index is 0.00259. The van der Waals surface area contributed by atoms with Crippen LogP contribution >= 0.6 is 11.6 Å². The van der Waals surface area contributed by atoms with Gasteiger partial charge in [0.15, 0.2) is 22.6 Å². The number of para-hydroxylation sites is 1. The third-order valence-electron chi connectivity index (χ3n) is 8.13. The van der Waals surface area contributed by atoms with Crippen molar-refractivity contribution in [1.29, 1.82) is 0 Å². The topological polar surface area (TPSA) is 148 Å². The van der Waals surface area contributed by atoms with Gasteiger partial charge in [-0.2, -0.15) is 13.2 Å². The van der Waals surface area contributed by atoms with E-state index in [-0.39, 0.29) is 65.1 Å². The summed E-state index contributed by atoms with van der Waals surface area (Å²) < 4.78 is 41.1. The summed E-state index contributed by atoms with van der Waals surface area (Å²) in [5.74, 6) is -1.43. The highest BCUT2D eigenvalue weighted by atomic mass is 35.5. The predicted octanol–water partition coefficient (Wildman–Crippen LogP) is 5.19. The van der Waals surface area contributed by atoms with Crippen molar-refractivity contribution in [3.8, 4) is 11.4 Å². The standard InChI is InChI=1S/C33H28ClF3N8O4/c1-3-24-26(19-11-13-43(14-12-19)32(49)28-29(47)18(2)38-17-39-28)30(48)27-31(42-45(41-27)21-7-5-4-6-8-21)44(24)16-25(46)40-23-10-9-20(15-22(23)34)33(35,36)37/h4-11,15,17,47H,3,12-14,16H2,1-2H3,(H,40,46). The molecule has 0 radical (unpaired) electrons. The molecule has 252 valence electrons. The highest BCUT2D eigenvalue weighted by Crippen LogP contribution is 2.34. The van der Waals surface area contributed by atoms with Gasteiger partial charge in [0.05, 0.1) is 27.7 Å². The first-order valence-corrected chi connectivity index (χ1v) is 15.5. The lowest BCUT2D eigenvalue weighted by atomic mass is 9.95. The monoisotopic (exact) mass is 692 g/mol. The van der Waals surface area contributed by atoms with Crippen LogP contribution in [0.25, 0.3) is 22.4 Å². The molecular weight excluding hydrogens is 665 g/mol. The molecule has 1 aliphatic heterocycles. The number of aromatic nitrogens is 6. The molecule has 5 aromatic rings. The molecule has 0 saturated carbocycles. The molecule has 2 N–H and O–H groups in total. The fraction of sp³-hybridized carbons (Fsp3) is 0.242. The van der Waals surface area contributed by atoms with Crippen molar-refractivity contribution >= 4 is 45.8 Å². The van der Waals surface area contributed by atoms with Gasteiger partial charge in [0, 0.05) is 24.3 Å². The zero-order chi connectivity index (χ0) is 35.0. The Labute approximate surface area is 281 Å². The van der Waals surface area contributed by atoms with Gasteiger partial charge in [0.2, 0.25) is 11.3 Å². The van der Waals surface area contributed by atoms with Gasteiger partial charge in [-0.1, -0.05) is 42.8 Å². The van der Waals surface area contributed by atoms with Gasteiger partial charge in [0.1, 0.15) is 12.9 Å². The Hall–Kier alpha value is -5.57. The normalized spacial score (nSPS) is 13.4. The van der Waals surface area contributed by atoms with E-state index in [1.54, 1.807) is 41.8 Å². The summed E-state index contributed by atoms with van der Waals surface area (Å²) in [7, 11) is 0. The lowest BCUT2D eigenvalue weighted by molar-refractivity contribution is -0.137. The molecule has 0 bridgehead atoms. The first-order chi connectivity index (χ1) is 23.4. The minimum atomic E-state index is -4.61.